The van der Waals surface area contributed by atoms with Gasteiger partial charge >= 0.3 is 5.97 Å². The zero-order valence-corrected chi connectivity index (χ0v) is 8.25. The number of carbonyl (C=O) groups excluding carboxylic acids is 1. The number of esters is 1. The Morgan fingerprint density at radius 3 is 2.80 bits per heavy atom. The molecule has 0 fully saturated rings. The van der Waals surface area contributed by atoms with Crippen molar-refractivity contribution in [1.82, 2.24) is 4.98 Å². The van der Waals surface area contributed by atoms with Gasteiger partial charge in [0.05, 0.1) is 13.3 Å². The van der Waals surface area contributed by atoms with Crippen LogP contribution in [-0.4, -0.2) is 24.1 Å². The van der Waals surface area contributed by atoms with Gasteiger partial charge in [0.1, 0.15) is 11.9 Å². The largest absolute Gasteiger partial charge is 0.467 e. The third kappa shape index (κ3) is 2.87. The number of carbonyl (C=O) groups is 1. The fourth-order valence-corrected chi connectivity index (χ4v) is 0.962. The van der Waals surface area contributed by atoms with Gasteiger partial charge in [-0.3, -0.25) is 0 Å². The molecular weight excluding hydrogens is 206 g/mol. The summed E-state index contributed by atoms with van der Waals surface area (Å²) in [6.45, 7) is 1.48. The summed E-state index contributed by atoms with van der Waals surface area (Å²) in [4.78, 5) is 14.5. The van der Waals surface area contributed by atoms with E-state index in [1.165, 1.54) is 14.0 Å². The third-order valence-corrected chi connectivity index (χ3v) is 1.72. The standard InChI is InChI=1S/C9H10F2N2O2/c1-5(9(14)15-2)13-8-7(11)3-6(10)4-12-8/h3-5H,1-2H3,(H,12,13). The maximum absolute atomic E-state index is 13.1. The molecule has 0 aliphatic rings. The number of nitrogens with zero attached hydrogens (tertiary/aromatic N) is 1. The number of hydrogen-bond acceptors (Lipinski definition) is 4. The van der Waals surface area contributed by atoms with E-state index in [0.717, 1.165) is 6.20 Å². The maximum Gasteiger partial charge on any atom is 0.328 e. The molecule has 1 heterocycles. The van der Waals surface area contributed by atoms with E-state index >= 15 is 0 Å². The summed E-state index contributed by atoms with van der Waals surface area (Å²) in [6.07, 6.45) is 0.857. The van der Waals surface area contributed by atoms with Gasteiger partial charge in [-0.1, -0.05) is 0 Å². The monoisotopic (exact) mass is 216 g/mol. The van der Waals surface area contributed by atoms with Crippen LogP contribution in [0.25, 0.3) is 0 Å². The van der Waals surface area contributed by atoms with Gasteiger partial charge < -0.3 is 10.1 Å². The lowest BCUT2D eigenvalue weighted by atomic mass is 10.3. The van der Waals surface area contributed by atoms with E-state index in [-0.39, 0.29) is 5.82 Å². The lowest BCUT2D eigenvalue weighted by molar-refractivity contribution is -0.141. The van der Waals surface area contributed by atoms with Crippen molar-refractivity contribution < 1.29 is 18.3 Å². The molecule has 0 saturated heterocycles. The Morgan fingerprint density at radius 2 is 2.27 bits per heavy atom. The SMILES string of the molecule is COC(=O)C(C)Nc1ncc(F)cc1F. The molecule has 1 unspecified atom stereocenters. The second-order valence-electron chi connectivity index (χ2n) is 2.87. The average molecular weight is 216 g/mol. The lowest BCUT2D eigenvalue weighted by Gasteiger charge is -2.12. The highest BCUT2D eigenvalue weighted by molar-refractivity contribution is 5.78. The van der Waals surface area contributed by atoms with E-state index in [0.29, 0.717) is 6.07 Å². The van der Waals surface area contributed by atoms with Crippen LogP contribution in [0.15, 0.2) is 12.3 Å². The Kier molecular flexibility index (Phi) is 3.54. The fraction of sp³-hybridized carbons (Fsp3) is 0.333. The molecule has 0 bridgehead atoms. The molecule has 1 rings (SSSR count). The Morgan fingerprint density at radius 1 is 1.60 bits per heavy atom. The summed E-state index contributed by atoms with van der Waals surface area (Å²) >= 11 is 0. The summed E-state index contributed by atoms with van der Waals surface area (Å²) in [5.41, 5.74) is 0. The molecule has 0 spiro atoms. The van der Waals surface area contributed by atoms with Gasteiger partial charge in [-0.25, -0.2) is 18.6 Å². The first-order chi connectivity index (χ1) is 7.04. The first kappa shape index (κ1) is 11.4. The fourth-order valence-electron chi connectivity index (χ4n) is 0.962. The molecule has 6 heteroatoms. The predicted molar refractivity (Wildman–Crippen MR) is 49.3 cm³/mol. The molecule has 1 N–H and O–H groups in total. The number of halogens is 2. The topological polar surface area (TPSA) is 51.2 Å². The molecule has 0 saturated carbocycles. The van der Waals surface area contributed by atoms with Crippen molar-refractivity contribution in [3.8, 4) is 0 Å². The Balaban J connectivity index is 2.76. The summed E-state index contributed by atoms with van der Waals surface area (Å²) in [5.74, 6) is -2.37. The number of methoxy groups -OCH3 is 1. The zero-order valence-electron chi connectivity index (χ0n) is 8.25. The van der Waals surface area contributed by atoms with Crippen LogP contribution < -0.4 is 5.32 Å². The van der Waals surface area contributed by atoms with Gasteiger partial charge in [-0.15, -0.1) is 0 Å². The molecule has 0 amide bonds. The van der Waals surface area contributed by atoms with Gasteiger partial charge in [0, 0.05) is 6.07 Å². The first-order valence-electron chi connectivity index (χ1n) is 4.20. The highest BCUT2D eigenvalue weighted by Gasteiger charge is 2.15. The van der Waals surface area contributed by atoms with Crippen molar-refractivity contribution in [3.05, 3.63) is 23.9 Å². The van der Waals surface area contributed by atoms with Crippen molar-refractivity contribution in [2.75, 3.05) is 12.4 Å². The van der Waals surface area contributed by atoms with Gasteiger partial charge in [0.25, 0.3) is 0 Å². The second kappa shape index (κ2) is 4.68. The molecule has 0 aromatic carbocycles. The van der Waals surface area contributed by atoms with Crippen molar-refractivity contribution in [3.63, 3.8) is 0 Å². The van der Waals surface area contributed by atoms with Crippen LogP contribution in [0.5, 0.6) is 0 Å². The quantitative estimate of drug-likeness (QED) is 0.774. The molecule has 0 radical (unpaired) electrons. The van der Waals surface area contributed by atoms with E-state index in [4.69, 9.17) is 0 Å². The third-order valence-electron chi connectivity index (χ3n) is 1.72. The number of pyridine rings is 1. The Labute approximate surface area is 85.3 Å². The summed E-state index contributed by atoms with van der Waals surface area (Å²) in [5, 5.41) is 2.46. The molecular formula is C9H10F2N2O2. The van der Waals surface area contributed by atoms with Crippen LogP contribution in [0.4, 0.5) is 14.6 Å². The second-order valence-corrected chi connectivity index (χ2v) is 2.87. The van der Waals surface area contributed by atoms with Crippen molar-refractivity contribution in [1.29, 1.82) is 0 Å². The van der Waals surface area contributed by atoms with Crippen molar-refractivity contribution >= 4 is 11.8 Å². The Hall–Kier alpha value is -1.72. The molecule has 4 nitrogen and oxygen atoms in total. The molecule has 82 valence electrons. The van der Waals surface area contributed by atoms with Gasteiger partial charge in [0.2, 0.25) is 0 Å². The highest BCUT2D eigenvalue weighted by atomic mass is 19.1. The summed E-state index contributed by atoms with van der Waals surface area (Å²) in [7, 11) is 1.22. The summed E-state index contributed by atoms with van der Waals surface area (Å²) in [6, 6.07) is -0.0678. The van der Waals surface area contributed by atoms with Crippen molar-refractivity contribution in [2.24, 2.45) is 0 Å². The van der Waals surface area contributed by atoms with E-state index < -0.39 is 23.6 Å². The van der Waals surface area contributed by atoms with Gasteiger partial charge in [-0.05, 0) is 6.92 Å². The highest BCUT2D eigenvalue weighted by Crippen LogP contribution is 2.12. The number of nitrogens with one attached hydrogen (secondary N) is 1. The van der Waals surface area contributed by atoms with E-state index in [9.17, 15) is 13.6 Å². The van der Waals surface area contributed by atoms with Crippen LogP contribution in [0.1, 0.15) is 6.92 Å². The van der Waals surface area contributed by atoms with E-state index in [2.05, 4.69) is 15.0 Å². The van der Waals surface area contributed by atoms with E-state index in [1.54, 1.807) is 0 Å². The smallest absolute Gasteiger partial charge is 0.328 e. The van der Waals surface area contributed by atoms with Crippen LogP contribution in [-0.2, 0) is 9.53 Å². The molecule has 0 aliphatic heterocycles. The minimum atomic E-state index is -0.856. The number of ether oxygens (including phenoxy) is 1. The normalized spacial score (nSPS) is 12.0. The minimum absolute atomic E-state index is 0.186. The Bertz CT molecular complexity index is 371. The number of aromatic nitrogens is 1. The van der Waals surface area contributed by atoms with Crippen LogP contribution in [0, 0.1) is 11.6 Å². The zero-order chi connectivity index (χ0) is 11.4. The van der Waals surface area contributed by atoms with Crippen LogP contribution in [0.3, 0.4) is 0 Å². The number of rotatable bonds is 3. The molecule has 1 aromatic heterocycles. The first-order valence-corrected chi connectivity index (χ1v) is 4.20. The summed E-state index contributed by atoms with van der Waals surface area (Å²) < 4.78 is 30.0. The average Bonchev–Trinajstić information content (AvgIpc) is 2.20. The molecule has 1 aromatic rings. The number of hydrogen-bond donors (Lipinski definition) is 1. The molecule has 1 atom stereocenters. The lowest BCUT2D eigenvalue weighted by Crippen LogP contribution is -2.28. The molecule has 15 heavy (non-hydrogen) atoms. The molecule has 0 aliphatic carbocycles. The number of anilines is 1. The van der Waals surface area contributed by atoms with Crippen LogP contribution >= 0.6 is 0 Å². The minimum Gasteiger partial charge on any atom is -0.467 e. The predicted octanol–water partition coefficient (Wildman–Crippen LogP) is 1.33. The van der Waals surface area contributed by atoms with Gasteiger partial charge in [0.15, 0.2) is 11.6 Å². The van der Waals surface area contributed by atoms with Gasteiger partial charge in [-0.2, -0.15) is 0 Å². The van der Waals surface area contributed by atoms with E-state index in [1.807, 2.05) is 0 Å². The maximum atomic E-state index is 13.1. The van der Waals surface area contributed by atoms with Crippen molar-refractivity contribution in [2.45, 2.75) is 13.0 Å². The van der Waals surface area contributed by atoms with Crippen LogP contribution in [0.2, 0.25) is 0 Å².